The van der Waals surface area contributed by atoms with Crippen molar-refractivity contribution in [2.45, 2.75) is 13.5 Å². The molecule has 0 aliphatic heterocycles. The Balaban J connectivity index is 0.000000583. The normalized spacial score (nSPS) is 8.47. The third-order valence-electron chi connectivity index (χ3n) is 1.37. The number of hydrogen-bond acceptors (Lipinski definition) is 4. The summed E-state index contributed by atoms with van der Waals surface area (Å²) in [5.41, 5.74) is 0.947. The van der Waals surface area contributed by atoms with Crippen LogP contribution in [0.1, 0.15) is 12.5 Å². The molecule has 84 valence electrons. The van der Waals surface area contributed by atoms with E-state index < -0.39 is 6.16 Å². The van der Waals surface area contributed by atoms with Crippen molar-refractivity contribution in [2.24, 2.45) is 0 Å². The Bertz CT molecular complexity index is 259. The molecule has 4 heteroatoms. The minimum atomic E-state index is -0.654. The van der Waals surface area contributed by atoms with E-state index in [9.17, 15) is 4.79 Å². The van der Waals surface area contributed by atoms with E-state index in [-0.39, 0.29) is 13.2 Å². The fourth-order valence-corrected chi connectivity index (χ4v) is 0.775. The van der Waals surface area contributed by atoms with Crippen molar-refractivity contribution in [3.63, 3.8) is 0 Å². The molecule has 0 amide bonds. The molecule has 4 nitrogen and oxygen atoms in total. The van der Waals surface area contributed by atoms with Crippen LogP contribution < -0.4 is 0 Å². The SMILES string of the molecule is CCO.COC(=O)OCc1ccccc1. The number of aliphatic hydroxyl groups excluding tert-OH is 1. The van der Waals surface area contributed by atoms with Gasteiger partial charge in [0.1, 0.15) is 6.61 Å². The van der Waals surface area contributed by atoms with E-state index in [1.165, 1.54) is 7.11 Å². The van der Waals surface area contributed by atoms with Gasteiger partial charge in [-0.2, -0.15) is 0 Å². The van der Waals surface area contributed by atoms with Crippen LogP contribution in [0, 0.1) is 0 Å². The van der Waals surface area contributed by atoms with Gasteiger partial charge in [-0.1, -0.05) is 30.3 Å². The summed E-state index contributed by atoms with van der Waals surface area (Å²) in [5.74, 6) is 0. The van der Waals surface area contributed by atoms with Crippen molar-refractivity contribution in [3.8, 4) is 0 Å². The molecule has 0 heterocycles. The number of ether oxygens (including phenoxy) is 2. The number of methoxy groups -OCH3 is 1. The van der Waals surface area contributed by atoms with Gasteiger partial charge < -0.3 is 14.6 Å². The Kier molecular flexibility index (Phi) is 8.09. The molecule has 0 saturated carbocycles. The van der Waals surface area contributed by atoms with E-state index >= 15 is 0 Å². The molecule has 0 saturated heterocycles. The predicted octanol–water partition coefficient (Wildman–Crippen LogP) is 1.97. The Morgan fingerprint density at radius 1 is 1.33 bits per heavy atom. The van der Waals surface area contributed by atoms with Gasteiger partial charge in [0, 0.05) is 6.61 Å². The maximum absolute atomic E-state index is 10.5. The van der Waals surface area contributed by atoms with Gasteiger partial charge in [0.15, 0.2) is 0 Å². The van der Waals surface area contributed by atoms with Crippen LogP contribution in [0.25, 0.3) is 0 Å². The van der Waals surface area contributed by atoms with Gasteiger partial charge in [0.25, 0.3) is 0 Å². The number of carbonyl (C=O) groups is 1. The molecule has 0 aliphatic rings. The molecule has 15 heavy (non-hydrogen) atoms. The van der Waals surface area contributed by atoms with Crippen LogP contribution >= 0.6 is 0 Å². The van der Waals surface area contributed by atoms with E-state index in [0.717, 1.165) is 5.56 Å². The Labute approximate surface area is 89.4 Å². The summed E-state index contributed by atoms with van der Waals surface area (Å²) in [6.07, 6.45) is -0.654. The Morgan fingerprint density at radius 2 is 1.87 bits per heavy atom. The third-order valence-corrected chi connectivity index (χ3v) is 1.37. The molecule has 0 aromatic heterocycles. The molecule has 0 spiro atoms. The summed E-state index contributed by atoms with van der Waals surface area (Å²) in [4.78, 5) is 10.5. The summed E-state index contributed by atoms with van der Waals surface area (Å²) in [6.45, 7) is 2.19. The minimum Gasteiger partial charge on any atom is -0.438 e. The lowest BCUT2D eigenvalue weighted by Crippen LogP contribution is -2.03. The van der Waals surface area contributed by atoms with Crippen LogP contribution in [0.2, 0.25) is 0 Å². The average Bonchev–Trinajstić information content (AvgIpc) is 2.28. The van der Waals surface area contributed by atoms with Crippen LogP contribution in [-0.2, 0) is 16.1 Å². The highest BCUT2D eigenvalue weighted by atomic mass is 16.7. The van der Waals surface area contributed by atoms with Gasteiger partial charge in [0.05, 0.1) is 7.11 Å². The Hall–Kier alpha value is -1.55. The van der Waals surface area contributed by atoms with Crippen molar-refractivity contribution in [2.75, 3.05) is 13.7 Å². The van der Waals surface area contributed by atoms with E-state index in [4.69, 9.17) is 9.84 Å². The van der Waals surface area contributed by atoms with Gasteiger partial charge in [-0.3, -0.25) is 0 Å². The maximum atomic E-state index is 10.5. The smallest absolute Gasteiger partial charge is 0.438 e. The maximum Gasteiger partial charge on any atom is 0.508 e. The molecule has 1 aromatic carbocycles. The topological polar surface area (TPSA) is 55.8 Å². The molecule has 0 aliphatic carbocycles. The van der Waals surface area contributed by atoms with Crippen molar-refractivity contribution in [1.82, 2.24) is 0 Å². The van der Waals surface area contributed by atoms with Crippen molar-refractivity contribution >= 4 is 6.16 Å². The zero-order valence-corrected chi connectivity index (χ0v) is 8.97. The number of aliphatic hydroxyl groups is 1. The molecule has 0 bridgehead atoms. The molecule has 0 atom stereocenters. The third kappa shape index (κ3) is 7.52. The summed E-state index contributed by atoms with van der Waals surface area (Å²) >= 11 is 0. The lowest BCUT2D eigenvalue weighted by molar-refractivity contribution is 0.0669. The number of benzene rings is 1. The van der Waals surface area contributed by atoms with Gasteiger partial charge >= 0.3 is 6.16 Å². The van der Waals surface area contributed by atoms with E-state index in [1.807, 2.05) is 30.3 Å². The van der Waals surface area contributed by atoms with Crippen LogP contribution in [0.5, 0.6) is 0 Å². The van der Waals surface area contributed by atoms with Crippen molar-refractivity contribution in [3.05, 3.63) is 35.9 Å². The largest absolute Gasteiger partial charge is 0.508 e. The van der Waals surface area contributed by atoms with Gasteiger partial charge in [0.2, 0.25) is 0 Å². The average molecular weight is 212 g/mol. The van der Waals surface area contributed by atoms with Gasteiger partial charge in [-0.25, -0.2) is 4.79 Å². The van der Waals surface area contributed by atoms with Crippen LogP contribution in [0.15, 0.2) is 30.3 Å². The number of hydrogen-bond donors (Lipinski definition) is 1. The molecule has 0 unspecified atom stereocenters. The Morgan fingerprint density at radius 3 is 2.33 bits per heavy atom. The highest BCUT2D eigenvalue weighted by Crippen LogP contribution is 2.00. The second-order valence-electron chi connectivity index (χ2n) is 2.54. The summed E-state index contributed by atoms with van der Waals surface area (Å²) in [7, 11) is 1.29. The molecule has 1 N–H and O–H groups in total. The lowest BCUT2D eigenvalue weighted by atomic mass is 10.2. The fraction of sp³-hybridized carbons (Fsp3) is 0.364. The van der Waals surface area contributed by atoms with Crippen LogP contribution in [0.3, 0.4) is 0 Å². The highest BCUT2D eigenvalue weighted by Gasteiger charge is 1.99. The molecular formula is C11H16O4. The fourth-order valence-electron chi connectivity index (χ4n) is 0.775. The van der Waals surface area contributed by atoms with Gasteiger partial charge in [-0.15, -0.1) is 0 Å². The van der Waals surface area contributed by atoms with Crippen LogP contribution in [0.4, 0.5) is 4.79 Å². The van der Waals surface area contributed by atoms with Crippen LogP contribution in [-0.4, -0.2) is 25.0 Å². The summed E-state index contributed by atoms with van der Waals surface area (Å²) in [5, 5.41) is 7.57. The van der Waals surface area contributed by atoms with E-state index in [2.05, 4.69) is 4.74 Å². The van der Waals surface area contributed by atoms with Crippen molar-refractivity contribution < 1.29 is 19.4 Å². The molecular weight excluding hydrogens is 196 g/mol. The first-order valence-corrected chi connectivity index (χ1v) is 4.60. The highest BCUT2D eigenvalue weighted by molar-refractivity contribution is 5.59. The summed E-state index contributed by atoms with van der Waals surface area (Å²) < 4.78 is 9.03. The zero-order chi connectivity index (χ0) is 11.5. The quantitative estimate of drug-likeness (QED) is 0.761. The first-order chi connectivity index (χ1) is 7.24. The molecule has 1 aromatic rings. The standard InChI is InChI=1S/C9H10O3.C2H6O/c1-11-9(10)12-7-8-5-3-2-4-6-8;1-2-3/h2-6H,7H2,1H3;3H,2H2,1H3. The first kappa shape index (κ1) is 13.4. The zero-order valence-electron chi connectivity index (χ0n) is 8.97. The summed E-state index contributed by atoms with van der Waals surface area (Å²) in [6, 6.07) is 9.43. The predicted molar refractivity (Wildman–Crippen MR) is 56.4 cm³/mol. The van der Waals surface area contributed by atoms with Gasteiger partial charge in [-0.05, 0) is 12.5 Å². The van der Waals surface area contributed by atoms with Crippen molar-refractivity contribution in [1.29, 1.82) is 0 Å². The number of rotatable bonds is 2. The minimum absolute atomic E-state index is 0.250. The number of carbonyl (C=O) groups excluding carboxylic acids is 1. The second-order valence-corrected chi connectivity index (χ2v) is 2.54. The second kappa shape index (κ2) is 9.02. The molecule has 0 radical (unpaired) electrons. The lowest BCUT2D eigenvalue weighted by Gasteiger charge is -2.01. The van der Waals surface area contributed by atoms with E-state index in [1.54, 1.807) is 6.92 Å². The first-order valence-electron chi connectivity index (χ1n) is 4.60. The van der Waals surface area contributed by atoms with E-state index in [0.29, 0.717) is 0 Å². The monoisotopic (exact) mass is 212 g/mol. The molecule has 1 rings (SSSR count). The molecule has 0 fully saturated rings.